The molecular formula is C25H28F4N4O2. The van der Waals surface area contributed by atoms with Crippen LogP contribution in [0.2, 0.25) is 0 Å². The van der Waals surface area contributed by atoms with E-state index in [0.29, 0.717) is 5.56 Å². The Morgan fingerprint density at radius 3 is 2.54 bits per heavy atom. The number of para-hydroxylation sites is 2. The molecule has 2 atom stereocenters. The molecule has 0 radical (unpaired) electrons. The highest BCUT2D eigenvalue weighted by molar-refractivity contribution is 6.09. The SMILES string of the molecule is CCCCC(C)NC(=O)c1cccc(C)c1NC(=O)C1CC(C(F)(F)F)=NN1c1ccccc1F. The number of anilines is 2. The maximum atomic E-state index is 14.4. The number of carbonyl (C=O) groups excluding carboxylic acids is 2. The number of nitrogens with zero attached hydrogens (tertiary/aromatic N) is 2. The first-order valence-corrected chi connectivity index (χ1v) is 11.4. The van der Waals surface area contributed by atoms with Crippen LogP contribution < -0.4 is 15.6 Å². The maximum Gasteiger partial charge on any atom is 0.431 e. The molecule has 1 aliphatic heterocycles. The Hall–Kier alpha value is -3.43. The predicted molar refractivity (Wildman–Crippen MR) is 127 cm³/mol. The Morgan fingerprint density at radius 1 is 1.17 bits per heavy atom. The van der Waals surface area contributed by atoms with Gasteiger partial charge in [-0.3, -0.25) is 9.59 Å². The van der Waals surface area contributed by atoms with Crippen LogP contribution in [0.4, 0.5) is 28.9 Å². The number of nitrogens with one attached hydrogen (secondary N) is 2. The van der Waals surface area contributed by atoms with Crippen LogP contribution in [-0.2, 0) is 4.79 Å². The fourth-order valence-corrected chi connectivity index (χ4v) is 3.86. The number of rotatable bonds is 8. The first-order chi connectivity index (χ1) is 16.5. The number of unbranched alkanes of at least 4 members (excludes halogenated alkanes) is 1. The minimum atomic E-state index is -4.78. The number of hydrazone groups is 1. The molecule has 0 spiro atoms. The lowest BCUT2D eigenvalue weighted by Crippen LogP contribution is -2.40. The zero-order chi connectivity index (χ0) is 25.8. The van der Waals surface area contributed by atoms with Crippen LogP contribution >= 0.6 is 0 Å². The van der Waals surface area contributed by atoms with E-state index in [4.69, 9.17) is 0 Å². The number of amides is 2. The van der Waals surface area contributed by atoms with E-state index in [-0.39, 0.29) is 23.0 Å². The first kappa shape index (κ1) is 26.2. The maximum absolute atomic E-state index is 14.4. The molecule has 2 aromatic carbocycles. The second-order valence-corrected chi connectivity index (χ2v) is 8.56. The molecule has 6 nitrogen and oxygen atoms in total. The van der Waals surface area contributed by atoms with Gasteiger partial charge in [-0.1, -0.05) is 44.0 Å². The van der Waals surface area contributed by atoms with Crippen molar-refractivity contribution in [3.05, 3.63) is 59.4 Å². The van der Waals surface area contributed by atoms with Crippen molar-refractivity contribution in [2.45, 2.75) is 64.7 Å². The highest BCUT2D eigenvalue weighted by Crippen LogP contribution is 2.33. The van der Waals surface area contributed by atoms with Gasteiger partial charge in [0, 0.05) is 12.5 Å². The topological polar surface area (TPSA) is 73.8 Å². The van der Waals surface area contributed by atoms with Gasteiger partial charge in [-0.25, -0.2) is 9.40 Å². The summed E-state index contributed by atoms with van der Waals surface area (Å²) in [5.41, 5.74) is -0.506. The minimum Gasteiger partial charge on any atom is -0.350 e. The van der Waals surface area contributed by atoms with E-state index in [1.165, 1.54) is 24.3 Å². The molecule has 3 rings (SSSR count). The molecule has 2 unspecified atom stereocenters. The molecule has 0 aliphatic carbocycles. The van der Waals surface area contributed by atoms with Gasteiger partial charge in [0.2, 0.25) is 5.91 Å². The van der Waals surface area contributed by atoms with Gasteiger partial charge in [0.15, 0.2) is 0 Å². The molecule has 188 valence electrons. The highest BCUT2D eigenvalue weighted by atomic mass is 19.4. The van der Waals surface area contributed by atoms with Crippen LogP contribution in [0.5, 0.6) is 0 Å². The lowest BCUT2D eigenvalue weighted by molar-refractivity contribution is -0.117. The first-order valence-electron chi connectivity index (χ1n) is 11.4. The van der Waals surface area contributed by atoms with Crippen molar-refractivity contribution in [2.75, 3.05) is 10.3 Å². The third kappa shape index (κ3) is 6.17. The van der Waals surface area contributed by atoms with Crippen LogP contribution in [0.25, 0.3) is 0 Å². The number of hydrogen-bond acceptors (Lipinski definition) is 4. The average molecular weight is 493 g/mol. The summed E-state index contributed by atoms with van der Waals surface area (Å²) in [5.74, 6) is -2.05. The summed E-state index contributed by atoms with van der Waals surface area (Å²) in [6.45, 7) is 5.60. The number of halogens is 4. The minimum absolute atomic E-state index is 0.0966. The van der Waals surface area contributed by atoms with Crippen molar-refractivity contribution < 1.29 is 27.2 Å². The summed E-state index contributed by atoms with van der Waals surface area (Å²) < 4.78 is 54.7. The van der Waals surface area contributed by atoms with Gasteiger partial charge in [0.05, 0.1) is 16.9 Å². The van der Waals surface area contributed by atoms with Crippen molar-refractivity contribution in [3.8, 4) is 0 Å². The van der Waals surface area contributed by atoms with Gasteiger partial charge in [-0.15, -0.1) is 0 Å². The van der Waals surface area contributed by atoms with E-state index in [1.54, 1.807) is 19.1 Å². The van der Waals surface area contributed by atoms with Gasteiger partial charge >= 0.3 is 6.18 Å². The van der Waals surface area contributed by atoms with E-state index in [1.807, 2.05) is 13.8 Å². The Morgan fingerprint density at radius 2 is 1.89 bits per heavy atom. The molecule has 0 saturated carbocycles. The average Bonchev–Trinajstić information content (AvgIpc) is 3.25. The fourth-order valence-electron chi connectivity index (χ4n) is 3.86. The normalized spacial score (nSPS) is 16.6. The van der Waals surface area contributed by atoms with Crippen LogP contribution in [0.3, 0.4) is 0 Å². The number of hydrogen-bond donors (Lipinski definition) is 2. The van der Waals surface area contributed by atoms with Gasteiger partial charge in [0.1, 0.15) is 17.6 Å². The van der Waals surface area contributed by atoms with E-state index in [0.717, 1.165) is 30.3 Å². The quantitative estimate of drug-likeness (QED) is 0.473. The number of benzene rings is 2. The fraction of sp³-hybridized carbons (Fsp3) is 0.400. The van der Waals surface area contributed by atoms with E-state index in [2.05, 4.69) is 15.7 Å². The van der Waals surface area contributed by atoms with Crippen molar-refractivity contribution >= 4 is 28.9 Å². The Kier molecular flexibility index (Phi) is 8.14. The van der Waals surface area contributed by atoms with E-state index < -0.39 is 42.0 Å². The molecule has 2 amide bonds. The summed E-state index contributed by atoms with van der Waals surface area (Å²) in [6, 6.07) is 8.47. The number of alkyl halides is 3. The van der Waals surface area contributed by atoms with E-state index >= 15 is 0 Å². The molecule has 0 saturated heterocycles. The summed E-state index contributed by atoms with van der Waals surface area (Å²) in [6.07, 6.45) is -2.83. The zero-order valence-electron chi connectivity index (χ0n) is 19.7. The number of carbonyl (C=O) groups is 2. The molecular weight excluding hydrogens is 464 g/mol. The molecule has 0 bridgehead atoms. The van der Waals surface area contributed by atoms with Crippen LogP contribution in [0.1, 0.15) is 55.5 Å². The van der Waals surface area contributed by atoms with Crippen molar-refractivity contribution in [3.63, 3.8) is 0 Å². The van der Waals surface area contributed by atoms with Crippen LogP contribution in [0, 0.1) is 12.7 Å². The van der Waals surface area contributed by atoms with Gasteiger partial charge in [-0.05, 0) is 44.0 Å². The second-order valence-electron chi connectivity index (χ2n) is 8.56. The predicted octanol–water partition coefficient (Wildman–Crippen LogP) is 5.58. The molecule has 0 fully saturated rings. The molecule has 1 aliphatic rings. The third-order valence-corrected chi connectivity index (χ3v) is 5.77. The monoisotopic (exact) mass is 492 g/mol. The molecule has 35 heavy (non-hydrogen) atoms. The van der Waals surface area contributed by atoms with Crippen molar-refractivity contribution in [2.24, 2.45) is 5.10 Å². The van der Waals surface area contributed by atoms with Gasteiger partial charge in [-0.2, -0.15) is 18.3 Å². The van der Waals surface area contributed by atoms with Crippen LogP contribution in [-0.4, -0.2) is 35.8 Å². The van der Waals surface area contributed by atoms with Gasteiger partial charge in [0.25, 0.3) is 5.91 Å². The molecule has 2 N–H and O–H groups in total. The zero-order valence-corrected chi connectivity index (χ0v) is 19.7. The molecule has 0 aromatic heterocycles. The standard InChI is InChI=1S/C25H28F4N4O2/c1-4-5-10-16(3)30-23(34)17-11-8-9-15(2)22(17)31-24(35)20-14-21(25(27,28)29)32-33(20)19-13-7-6-12-18(19)26/h6-9,11-13,16,20H,4-5,10,14H2,1-3H3,(H,30,34)(H,31,35). The van der Waals surface area contributed by atoms with Gasteiger partial charge < -0.3 is 10.6 Å². The molecule has 1 heterocycles. The Labute approximate surface area is 201 Å². The van der Waals surface area contributed by atoms with Crippen LogP contribution in [0.15, 0.2) is 47.6 Å². The Balaban J connectivity index is 1.88. The smallest absolute Gasteiger partial charge is 0.350 e. The third-order valence-electron chi connectivity index (χ3n) is 5.77. The summed E-state index contributed by atoms with van der Waals surface area (Å²) in [5, 5.41) is 9.77. The summed E-state index contributed by atoms with van der Waals surface area (Å²) >= 11 is 0. The van der Waals surface area contributed by atoms with Crippen molar-refractivity contribution in [1.29, 1.82) is 0 Å². The van der Waals surface area contributed by atoms with E-state index in [9.17, 15) is 27.2 Å². The molecule has 2 aromatic rings. The summed E-state index contributed by atoms with van der Waals surface area (Å²) in [4.78, 5) is 26.1. The summed E-state index contributed by atoms with van der Waals surface area (Å²) in [7, 11) is 0. The lowest BCUT2D eigenvalue weighted by atomic mass is 10.0. The highest BCUT2D eigenvalue weighted by Gasteiger charge is 2.46. The Bertz CT molecular complexity index is 1120. The van der Waals surface area contributed by atoms with Crippen molar-refractivity contribution in [1.82, 2.24) is 5.32 Å². The second kappa shape index (κ2) is 10.9. The molecule has 10 heteroatoms. The lowest BCUT2D eigenvalue weighted by Gasteiger charge is -2.24. The number of aryl methyl sites for hydroxylation is 1. The largest absolute Gasteiger partial charge is 0.431 e.